The van der Waals surface area contributed by atoms with Crippen LogP contribution in [0.4, 0.5) is 33.3 Å². The summed E-state index contributed by atoms with van der Waals surface area (Å²) in [5.41, 5.74) is -1.58. The van der Waals surface area contributed by atoms with Crippen LogP contribution in [0.1, 0.15) is 24.3 Å². The van der Waals surface area contributed by atoms with E-state index >= 15 is 8.78 Å². The molecule has 248 valence electrons. The lowest BCUT2D eigenvalue weighted by Gasteiger charge is -2.50. The van der Waals surface area contributed by atoms with Gasteiger partial charge in [-0.05, 0) is 61.2 Å². The van der Waals surface area contributed by atoms with Gasteiger partial charge in [-0.1, -0.05) is 39.2 Å². The molecule has 2 heterocycles. The Hall–Kier alpha value is -3.52. The maximum Gasteiger partial charge on any atom is 0.258 e. The third kappa shape index (κ3) is 4.16. The smallest absolute Gasteiger partial charge is 0.258 e. The van der Waals surface area contributed by atoms with Crippen molar-refractivity contribution < 1.29 is 46.2 Å². The highest BCUT2D eigenvalue weighted by Gasteiger charge is 2.77. The number of allylic oxidation sites excluding steroid dienone is 2. The third-order valence-corrected chi connectivity index (χ3v) is 11.8. The van der Waals surface area contributed by atoms with E-state index in [1.165, 1.54) is 48.5 Å². The molecule has 1 saturated carbocycles. The van der Waals surface area contributed by atoms with E-state index in [4.69, 9.17) is 34.8 Å². The minimum absolute atomic E-state index is 0.0534. The molecule has 1 N–H and O–H groups in total. The number of hydrogen-bond donors (Lipinski definition) is 1. The number of carbonyl (C=O) groups excluding carboxylic acids is 4. The number of nitrogens with zero attached hydrogens (tertiary/aromatic N) is 2. The van der Waals surface area contributed by atoms with Crippen LogP contribution >= 0.6 is 50.7 Å². The van der Waals surface area contributed by atoms with Gasteiger partial charge in [-0.15, -0.1) is 23.2 Å². The van der Waals surface area contributed by atoms with Gasteiger partial charge in [0, 0.05) is 21.0 Å². The number of amides is 4. The molecule has 2 saturated heterocycles. The van der Waals surface area contributed by atoms with Gasteiger partial charge >= 0.3 is 0 Å². The van der Waals surface area contributed by atoms with E-state index in [2.05, 4.69) is 15.9 Å². The van der Waals surface area contributed by atoms with E-state index in [1.54, 1.807) is 0 Å². The predicted molar refractivity (Wildman–Crippen MR) is 166 cm³/mol. The molecular weight excluding hydrogens is 774 g/mol. The van der Waals surface area contributed by atoms with Crippen molar-refractivity contribution in [3.63, 3.8) is 0 Å². The Bertz CT molecular complexity index is 2020. The molecule has 0 radical (unpaired) electrons. The molecule has 2 aliphatic carbocycles. The third-order valence-electron chi connectivity index (χ3n) is 9.61. The fourth-order valence-corrected chi connectivity index (χ4v) is 8.95. The number of fused-ring (bicyclic) bond motifs is 4. The van der Waals surface area contributed by atoms with Crippen molar-refractivity contribution in [3.8, 4) is 5.75 Å². The van der Waals surface area contributed by atoms with Crippen LogP contribution in [-0.4, -0.2) is 38.5 Å². The van der Waals surface area contributed by atoms with E-state index < -0.39 is 104 Å². The van der Waals surface area contributed by atoms with Crippen LogP contribution in [0.5, 0.6) is 5.75 Å². The molecule has 4 amide bonds. The first-order chi connectivity index (χ1) is 22.6. The summed E-state index contributed by atoms with van der Waals surface area (Å²) in [6.45, 7) is 0. The number of halogens is 9. The summed E-state index contributed by atoms with van der Waals surface area (Å²) in [7, 11) is 0. The number of phenolic OH excluding ortho intramolecular Hbond substituents is 1. The number of benzene rings is 3. The van der Waals surface area contributed by atoms with E-state index in [9.17, 15) is 37.5 Å². The van der Waals surface area contributed by atoms with Gasteiger partial charge in [0.2, 0.25) is 17.6 Å². The van der Waals surface area contributed by atoms with Crippen molar-refractivity contribution in [2.24, 2.45) is 17.8 Å². The maximum atomic E-state index is 15.2. The lowest BCUT2D eigenvalue weighted by atomic mass is 9.56. The Kier molecular flexibility index (Phi) is 7.56. The summed E-state index contributed by atoms with van der Waals surface area (Å²) < 4.78 is 73.4. The van der Waals surface area contributed by atoms with Gasteiger partial charge in [0.15, 0.2) is 33.0 Å². The highest BCUT2D eigenvalue weighted by Crippen LogP contribution is 2.67. The summed E-state index contributed by atoms with van der Waals surface area (Å²) in [6.07, 6.45) is 0.815. The molecule has 3 aromatic carbocycles. The van der Waals surface area contributed by atoms with Gasteiger partial charge in [0.1, 0.15) is 11.4 Å². The summed E-state index contributed by atoms with van der Waals surface area (Å²) >= 11 is 23.4. The molecule has 4 aliphatic rings. The molecule has 7 rings (SSSR count). The molecule has 0 unspecified atom stereocenters. The first kappa shape index (κ1) is 33.0. The Labute approximate surface area is 291 Å². The predicted octanol–water partition coefficient (Wildman–Crippen LogP) is 7.27. The first-order valence-electron chi connectivity index (χ1n) is 14.2. The topological polar surface area (TPSA) is 95.0 Å². The average Bonchev–Trinajstić information content (AvgIpc) is 3.39. The lowest BCUT2D eigenvalue weighted by molar-refractivity contribution is -0.125. The van der Waals surface area contributed by atoms with Gasteiger partial charge in [-0.3, -0.25) is 24.1 Å². The van der Waals surface area contributed by atoms with Gasteiger partial charge < -0.3 is 5.11 Å². The van der Waals surface area contributed by atoms with Crippen LogP contribution in [0.2, 0.25) is 5.02 Å². The number of aromatic hydroxyl groups is 1. The summed E-state index contributed by atoms with van der Waals surface area (Å²) in [5.74, 6) is -22.2. The van der Waals surface area contributed by atoms with Crippen LogP contribution in [-0.2, 0) is 19.2 Å². The number of hydrogen-bond acceptors (Lipinski definition) is 5. The van der Waals surface area contributed by atoms with Gasteiger partial charge in [-0.2, -0.15) is 0 Å². The second-order valence-corrected chi connectivity index (χ2v) is 14.5. The second-order valence-electron chi connectivity index (χ2n) is 11.9. The Morgan fingerprint density at radius 1 is 0.792 bits per heavy atom. The number of imide groups is 2. The molecule has 7 nitrogen and oxygen atoms in total. The van der Waals surface area contributed by atoms with Gasteiger partial charge in [-0.25, -0.2) is 26.9 Å². The maximum absolute atomic E-state index is 15.2. The quantitative estimate of drug-likeness (QED) is 0.0753. The second kappa shape index (κ2) is 11.0. The number of phenols is 1. The Balaban J connectivity index is 1.44. The molecule has 3 aromatic rings. The van der Waals surface area contributed by atoms with Crippen LogP contribution in [0.25, 0.3) is 0 Å². The molecule has 0 aromatic heterocycles. The molecule has 2 aliphatic heterocycles. The van der Waals surface area contributed by atoms with E-state index in [1.807, 2.05) is 0 Å². The van der Waals surface area contributed by atoms with E-state index in [0.29, 0.717) is 9.50 Å². The number of anilines is 2. The summed E-state index contributed by atoms with van der Waals surface area (Å²) in [4.78, 5) is 51.5. The minimum atomic E-state index is -2.75. The van der Waals surface area contributed by atoms with Crippen LogP contribution in [0.15, 0.2) is 58.6 Å². The first-order valence-corrected chi connectivity index (χ1v) is 16.1. The normalized spacial score (nSPS) is 29.6. The standard InChI is InChI=1S/C32H17BrCl3F5N2O5/c33-11-1-8-18(44)16(9-11)20-14-6-7-15-19(28(46)42(27(15)45)13-4-2-12(34)3-5-13)17(14)10-31(35)29(47)43(30(48)32(20,31)36)26-24(40)22(38)21(37)23(39)25(26)41/h1-6,8-9,15,17,19-20,44H,7,10H2/t15-,17+,19-,20+,31+,32-/m0/s1. The zero-order valence-electron chi connectivity index (χ0n) is 23.7. The fraction of sp³-hybridized carbons (Fsp3) is 0.250. The SMILES string of the molecule is O=C1[C@H]2[C@H](CC=C3[C@H]2C[C@@]2(Cl)C(=O)N(c4c(F)c(F)c(F)c(F)c4F)C(=O)[C@@]2(Cl)[C@H]3c2cc(Br)ccc2O)C(=O)N1c1ccc(Cl)cc1. The van der Waals surface area contributed by atoms with Crippen LogP contribution in [0.3, 0.4) is 0 Å². The summed E-state index contributed by atoms with van der Waals surface area (Å²) in [6, 6.07) is 9.87. The van der Waals surface area contributed by atoms with Crippen molar-refractivity contribution in [3.05, 3.63) is 98.3 Å². The monoisotopic (exact) mass is 788 g/mol. The van der Waals surface area contributed by atoms with E-state index in [-0.39, 0.29) is 28.1 Å². The summed E-state index contributed by atoms with van der Waals surface area (Å²) in [5, 5.41) is 11.4. The number of rotatable bonds is 3. The number of carbonyl (C=O) groups is 4. The molecule has 16 heteroatoms. The molecular formula is C32H17BrCl3F5N2O5. The average molecular weight is 791 g/mol. The van der Waals surface area contributed by atoms with Gasteiger partial charge in [0.05, 0.1) is 17.5 Å². The Morgan fingerprint density at radius 2 is 1.40 bits per heavy atom. The highest BCUT2D eigenvalue weighted by atomic mass is 79.9. The van der Waals surface area contributed by atoms with Crippen LogP contribution in [0, 0.1) is 46.8 Å². The highest BCUT2D eigenvalue weighted by molar-refractivity contribution is 9.10. The molecule has 48 heavy (non-hydrogen) atoms. The number of alkyl halides is 2. The van der Waals surface area contributed by atoms with Crippen molar-refractivity contribution in [2.45, 2.75) is 28.5 Å². The van der Waals surface area contributed by atoms with Crippen LogP contribution < -0.4 is 9.80 Å². The largest absolute Gasteiger partial charge is 0.508 e. The van der Waals surface area contributed by atoms with Gasteiger partial charge in [0.25, 0.3) is 11.8 Å². The molecule has 6 atom stereocenters. The van der Waals surface area contributed by atoms with Crippen molar-refractivity contribution >= 4 is 85.7 Å². The lowest BCUT2D eigenvalue weighted by Crippen LogP contribution is -2.60. The fourth-order valence-electron chi connectivity index (χ4n) is 7.51. The van der Waals surface area contributed by atoms with E-state index in [0.717, 1.165) is 4.90 Å². The Morgan fingerprint density at radius 3 is 2.02 bits per heavy atom. The molecule has 0 bridgehead atoms. The zero-order chi connectivity index (χ0) is 34.8. The zero-order valence-corrected chi connectivity index (χ0v) is 27.6. The van der Waals surface area contributed by atoms with Crippen molar-refractivity contribution in [1.29, 1.82) is 0 Å². The molecule has 0 spiro atoms. The minimum Gasteiger partial charge on any atom is -0.508 e. The molecule has 3 fully saturated rings. The van der Waals surface area contributed by atoms with Crippen molar-refractivity contribution in [2.75, 3.05) is 9.80 Å². The van der Waals surface area contributed by atoms with Crippen molar-refractivity contribution in [1.82, 2.24) is 0 Å².